The molecule has 0 saturated heterocycles. The Kier molecular flexibility index (Phi) is 4.02. The number of nitro groups is 1. The van der Waals surface area contributed by atoms with Gasteiger partial charge in [-0.2, -0.15) is 0 Å². The van der Waals surface area contributed by atoms with E-state index in [1.54, 1.807) is 26.2 Å². The molecule has 0 bridgehead atoms. The molecule has 1 aromatic carbocycles. The van der Waals surface area contributed by atoms with Gasteiger partial charge in [-0.25, -0.2) is 0 Å². The van der Waals surface area contributed by atoms with Crippen molar-refractivity contribution < 1.29 is 9.72 Å². The van der Waals surface area contributed by atoms with Gasteiger partial charge >= 0.3 is 0 Å². The Balaban J connectivity index is 2.28. The van der Waals surface area contributed by atoms with E-state index in [2.05, 4.69) is 5.32 Å². The lowest BCUT2D eigenvalue weighted by molar-refractivity contribution is -0.384. The van der Waals surface area contributed by atoms with Gasteiger partial charge in [0, 0.05) is 31.8 Å². The molecule has 0 saturated carbocycles. The summed E-state index contributed by atoms with van der Waals surface area (Å²) in [5.41, 5.74) is 0.709. The predicted octanol–water partition coefficient (Wildman–Crippen LogP) is 2.43. The molecular weight excluding hydrogens is 258 g/mol. The van der Waals surface area contributed by atoms with Crippen molar-refractivity contribution in [2.45, 2.75) is 18.9 Å². The first-order valence-corrected chi connectivity index (χ1v) is 6.40. The molecule has 0 atom stereocenters. The molecule has 106 valence electrons. The summed E-state index contributed by atoms with van der Waals surface area (Å²) in [5.74, 6) is -0.248. The molecular formula is C14H17N3O3. The van der Waals surface area contributed by atoms with Gasteiger partial charge < -0.3 is 10.2 Å². The maximum absolute atomic E-state index is 11.8. The van der Waals surface area contributed by atoms with Gasteiger partial charge in [-0.15, -0.1) is 0 Å². The molecule has 1 amide bonds. The fraction of sp³-hybridized carbons (Fsp3) is 0.357. The summed E-state index contributed by atoms with van der Waals surface area (Å²) in [6.07, 6.45) is 5.81. The van der Waals surface area contributed by atoms with Crippen LogP contribution in [0.5, 0.6) is 0 Å². The summed E-state index contributed by atoms with van der Waals surface area (Å²) < 4.78 is 0. The predicted molar refractivity (Wildman–Crippen MR) is 76.9 cm³/mol. The van der Waals surface area contributed by atoms with Gasteiger partial charge in [0.1, 0.15) is 5.69 Å². The SMILES string of the molecule is CN(C)C(=O)c1ccc(NC2CC=CC2)c([N+](=O)[O-])c1. The Morgan fingerprint density at radius 1 is 1.35 bits per heavy atom. The molecule has 0 heterocycles. The maximum atomic E-state index is 11.8. The molecule has 6 nitrogen and oxygen atoms in total. The standard InChI is InChI=1S/C14H17N3O3/c1-16(2)14(18)10-7-8-12(13(9-10)17(19)20)15-11-5-3-4-6-11/h3-4,7-9,11,15H,5-6H2,1-2H3. The molecule has 0 aliphatic heterocycles. The second-order valence-electron chi connectivity index (χ2n) is 4.97. The van der Waals surface area contributed by atoms with Crippen molar-refractivity contribution in [3.63, 3.8) is 0 Å². The molecule has 1 aromatic rings. The topological polar surface area (TPSA) is 75.5 Å². The van der Waals surface area contributed by atoms with Crippen molar-refractivity contribution in [1.29, 1.82) is 0 Å². The molecule has 1 aliphatic rings. The average molecular weight is 275 g/mol. The normalized spacial score (nSPS) is 14.3. The third-order valence-corrected chi connectivity index (χ3v) is 3.22. The maximum Gasteiger partial charge on any atom is 0.293 e. The van der Waals surface area contributed by atoms with Crippen molar-refractivity contribution in [2.24, 2.45) is 0 Å². The Morgan fingerprint density at radius 2 is 2.00 bits per heavy atom. The Morgan fingerprint density at radius 3 is 2.55 bits per heavy atom. The van der Waals surface area contributed by atoms with Gasteiger partial charge in [0.25, 0.3) is 11.6 Å². The summed E-state index contributed by atoms with van der Waals surface area (Å²) >= 11 is 0. The number of anilines is 1. The van der Waals surface area contributed by atoms with Crippen LogP contribution in [0, 0.1) is 10.1 Å². The van der Waals surface area contributed by atoms with Crippen LogP contribution in [0.4, 0.5) is 11.4 Å². The molecule has 0 radical (unpaired) electrons. The lowest BCUT2D eigenvalue weighted by atomic mass is 10.1. The first kappa shape index (κ1) is 14.0. The third-order valence-electron chi connectivity index (χ3n) is 3.22. The largest absolute Gasteiger partial charge is 0.376 e. The molecule has 20 heavy (non-hydrogen) atoms. The van der Waals surface area contributed by atoms with Gasteiger partial charge in [-0.1, -0.05) is 12.2 Å². The zero-order valence-electron chi connectivity index (χ0n) is 11.5. The Bertz CT molecular complexity index is 559. The number of benzene rings is 1. The fourth-order valence-electron chi connectivity index (χ4n) is 2.15. The van der Waals surface area contributed by atoms with E-state index in [4.69, 9.17) is 0 Å². The molecule has 2 rings (SSSR count). The van der Waals surface area contributed by atoms with E-state index in [-0.39, 0.29) is 17.6 Å². The molecule has 0 fully saturated rings. The van der Waals surface area contributed by atoms with E-state index in [0.29, 0.717) is 11.3 Å². The van der Waals surface area contributed by atoms with Crippen molar-refractivity contribution in [1.82, 2.24) is 4.90 Å². The number of nitrogens with one attached hydrogen (secondary N) is 1. The molecule has 0 aromatic heterocycles. The van der Waals surface area contributed by atoms with Gasteiger partial charge in [-0.05, 0) is 25.0 Å². The number of carbonyl (C=O) groups is 1. The number of carbonyl (C=O) groups excluding carboxylic acids is 1. The summed E-state index contributed by atoms with van der Waals surface area (Å²) in [6.45, 7) is 0. The number of nitrogens with zero attached hydrogens (tertiary/aromatic N) is 2. The lowest BCUT2D eigenvalue weighted by Gasteiger charge is -2.15. The third kappa shape index (κ3) is 2.96. The van der Waals surface area contributed by atoms with E-state index >= 15 is 0 Å². The highest BCUT2D eigenvalue weighted by Crippen LogP contribution is 2.28. The highest BCUT2D eigenvalue weighted by Gasteiger charge is 2.20. The van der Waals surface area contributed by atoms with E-state index in [9.17, 15) is 14.9 Å². The van der Waals surface area contributed by atoms with Crippen molar-refractivity contribution >= 4 is 17.3 Å². The highest BCUT2D eigenvalue weighted by atomic mass is 16.6. The van der Waals surface area contributed by atoms with E-state index in [0.717, 1.165) is 12.8 Å². The van der Waals surface area contributed by atoms with Crippen LogP contribution < -0.4 is 5.32 Å². The first-order chi connectivity index (χ1) is 9.49. The second-order valence-corrected chi connectivity index (χ2v) is 4.97. The van der Waals surface area contributed by atoms with E-state index in [1.807, 2.05) is 12.2 Å². The van der Waals surface area contributed by atoms with Crippen LogP contribution in [-0.2, 0) is 0 Å². The summed E-state index contributed by atoms with van der Waals surface area (Å²) in [7, 11) is 3.23. The minimum Gasteiger partial charge on any atom is -0.376 e. The molecule has 0 spiro atoms. The van der Waals surface area contributed by atoms with Gasteiger partial charge in [0.15, 0.2) is 0 Å². The van der Waals surface area contributed by atoms with Gasteiger partial charge in [0.2, 0.25) is 0 Å². The van der Waals surface area contributed by atoms with Gasteiger partial charge in [-0.3, -0.25) is 14.9 Å². The summed E-state index contributed by atoms with van der Waals surface area (Å²) in [6, 6.07) is 4.73. The average Bonchev–Trinajstić information content (AvgIpc) is 2.91. The number of nitro benzene ring substituents is 1. The van der Waals surface area contributed by atoms with Crippen LogP contribution in [0.15, 0.2) is 30.4 Å². The van der Waals surface area contributed by atoms with Gasteiger partial charge in [0.05, 0.1) is 4.92 Å². The monoisotopic (exact) mass is 275 g/mol. The number of amides is 1. The zero-order valence-corrected chi connectivity index (χ0v) is 11.5. The highest BCUT2D eigenvalue weighted by molar-refractivity contribution is 5.95. The Labute approximate surface area is 117 Å². The smallest absolute Gasteiger partial charge is 0.293 e. The number of rotatable bonds is 4. The Hall–Kier alpha value is -2.37. The number of hydrogen-bond donors (Lipinski definition) is 1. The van der Waals surface area contributed by atoms with Crippen molar-refractivity contribution in [3.05, 3.63) is 46.0 Å². The van der Waals surface area contributed by atoms with Crippen LogP contribution >= 0.6 is 0 Å². The lowest BCUT2D eigenvalue weighted by Crippen LogP contribution is -2.22. The minimum absolute atomic E-state index is 0.0652. The van der Waals surface area contributed by atoms with E-state index < -0.39 is 4.92 Å². The molecule has 0 unspecified atom stereocenters. The second kappa shape index (κ2) is 5.73. The van der Waals surface area contributed by atoms with Crippen LogP contribution in [0.2, 0.25) is 0 Å². The number of hydrogen-bond acceptors (Lipinski definition) is 4. The fourth-order valence-corrected chi connectivity index (χ4v) is 2.15. The molecule has 6 heteroatoms. The van der Waals surface area contributed by atoms with Crippen LogP contribution in [0.3, 0.4) is 0 Å². The first-order valence-electron chi connectivity index (χ1n) is 6.40. The van der Waals surface area contributed by atoms with Crippen molar-refractivity contribution in [2.75, 3.05) is 19.4 Å². The summed E-state index contributed by atoms with van der Waals surface area (Å²) in [5, 5.41) is 14.3. The quantitative estimate of drug-likeness (QED) is 0.520. The van der Waals surface area contributed by atoms with Crippen LogP contribution in [0.1, 0.15) is 23.2 Å². The van der Waals surface area contributed by atoms with Crippen LogP contribution in [0.25, 0.3) is 0 Å². The zero-order chi connectivity index (χ0) is 14.7. The van der Waals surface area contributed by atoms with Crippen LogP contribution in [-0.4, -0.2) is 35.9 Å². The summed E-state index contributed by atoms with van der Waals surface area (Å²) in [4.78, 5) is 23.9. The minimum atomic E-state index is -0.461. The van der Waals surface area contributed by atoms with Crippen molar-refractivity contribution in [3.8, 4) is 0 Å². The van der Waals surface area contributed by atoms with E-state index in [1.165, 1.54) is 11.0 Å². The molecule has 1 aliphatic carbocycles. The molecule has 1 N–H and O–H groups in total.